The number of hydrogen-bond donors (Lipinski definition) is 10. The van der Waals surface area contributed by atoms with Crippen molar-refractivity contribution in [3.8, 4) is 22.3 Å². The summed E-state index contributed by atoms with van der Waals surface area (Å²) in [4.78, 5) is 189. The van der Waals surface area contributed by atoms with Gasteiger partial charge in [-0.05, 0) is 163 Å². The molecule has 6 atom stereocenters. The van der Waals surface area contributed by atoms with Gasteiger partial charge in [-0.25, -0.2) is 13.6 Å². The van der Waals surface area contributed by atoms with Crippen LogP contribution in [0, 0.1) is 11.6 Å². The third kappa shape index (κ3) is 26.4. The number of carboxylic acids is 1. The summed E-state index contributed by atoms with van der Waals surface area (Å²) in [5, 5.41) is 24.6. The summed E-state index contributed by atoms with van der Waals surface area (Å²) in [6, 6.07) is 25.1. The number of carbonyl (C=O) groups excluding carboxylic acids is 11. The van der Waals surface area contributed by atoms with Gasteiger partial charge in [0.15, 0.2) is 0 Å². The third-order valence-electron chi connectivity index (χ3n) is 24.5. The van der Waals surface area contributed by atoms with Gasteiger partial charge in [-0.3, -0.25) is 92.6 Å². The van der Waals surface area contributed by atoms with Crippen molar-refractivity contribution in [3.05, 3.63) is 227 Å². The Hall–Kier alpha value is -13.9. The Bertz CT molecular complexity index is 6120. The number of aromatic carboxylic acids is 1. The second kappa shape index (κ2) is 47.9. The molecular formula is C97H107F8N15O21. The number of aromatic nitrogens is 2. The van der Waals surface area contributed by atoms with Crippen LogP contribution in [0.1, 0.15) is 159 Å². The van der Waals surface area contributed by atoms with Gasteiger partial charge in [0.1, 0.15) is 23.7 Å². The number of piperidine rings is 2. The quantitative estimate of drug-likeness (QED) is 0.00985. The number of fused-ring (bicyclic) bond motifs is 2. The fourth-order valence-corrected chi connectivity index (χ4v) is 16.9. The van der Waals surface area contributed by atoms with Crippen molar-refractivity contribution in [2.45, 2.75) is 115 Å². The number of likely N-dealkylation sites (N-methyl/N-ethyl adjacent to an activating group) is 2. The molecule has 2 unspecified atom stereocenters. The maximum absolute atomic E-state index is 15.5. The minimum absolute atomic E-state index is 0.00268. The Kier molecular flexibility index (Phi) is 36.0. The van der Waals surface area contributed by atoms with Gasteiger partial charge in [-0.2, -0.15) is 26.3 Å². The Morgan fingerprint density at radius 1 is 0.454 bits per heavy atom. The van der Waals surface area contributed by atoms with Crippen molar-refractivity contribution < 1.29 is 126 Å². The molecule has 36 nitrogen and oxygen atoms in total. The smallest absolute Gasteiger partial charge is 0.417 e. The van der Waals surface area contributed by atoms with Crippen molar-refractivity contribution in [2.24, 2.45) is 5.73 Å². The van der Waals surface area contributed by atoms with Gasteiger partial charge in [0.05, 0.1) is 145 Å². The summed E-state index contributed by atoms with van der Waals surface area (Å²) < 4.78 is 146. The highest BCUT2D eigenvalue weighted by molar-refractivity contribution is 6.26. The van der Waals surface area contributed by atoms with Crippen LogP contribution in [0.5, 0.6) is 0 Å². The topological polar surface area (TPSA) is 464 Å². The average Bonchev–Trinajstić information content (AvgIpc) is 1.63. The number of aryl methyl sites for hydroxylation is 1. The molecule has 4 saturated heterocycles. The van der Waals surface area contributed by atoms with E-state index in [2.05, 4.69) is 51.7 Å². The lowest BCUT2D eigenvalue weighted by molar-refractivity contribution is -0.138. The molecule has 11 amide bonds. The van der Waals surface area contributed by atoms with Gasteiger partial charge >= 0.3 is 18.3 Å². The van der Waals surface area contributed by atoms with Gasteiger partial charge < -0.3 is 80.3 Å². The summed E-state index contributed by atoms with van der Waals surface area (Å²) in [6.45, 7) is 15.3. The molecule has 0 bridgehead atoms. The molecule has 44 heteroatoms. The number of carboxylic acid groups (broad SMARTS) is 1. The predicted molar refractivity (Wildman–Crippen MR) is 498 cm³/mol. The van der Waals surface area contributed by atoms with E-state index in [1.54, 1.807) is 48.5 Å². The van der Waals surface area contributed by atoms with Gasteiger partial charge in [0.25, 0.3) is 41.4 Å². The predicted octanol–water partition coefficient (Wildman–Crippen LogP) is 8.98. The molecule has 141 heavy (non-hydrogen) atoms. The number of halogens is 8. The molecular weight excluding hydrogens is 1860 g/mol. The van der Waals surface area contributed by atoms with E-state index in [1.807, 2.05) is 57.7 Å². The highest BCUT2D eigenvalue weighted by Gasteiger charge is 2.48. The molecule has 0 spiro atoms. The minimum atomic E-state index is -5.00. The molecule has 6 aromatic carbocycles. The second-order valence-electron chi connectivity index (χ2n) is 34.1. The molecule has 11 N–H and O–H groups in total. The normalized spacial score (nSPS) is 18.3. The molecule has 8 aromatic rings. The number of anilines is 5. The van der Waals surface area contributed by atoms with Crippen molar-refractivity contribution in [1.82, 2.24) is 45.5 Å². The molecule has 752 valence electrons. The lowest BCUT2D eigenvalue weighted by atomic mass is 9.99. The van der Waals surface area contributed by atoms with Crippen LogP contribution in [-0.4, -0.2) is 281 Å². The van der Waals surface area contributed by atoms with Crippen LogP contribution in [0.15, 0.2) is 143 Å². The average molecular weight is 1970 g/mol. The van der Waals surface area contributed by atoms with Crippen LogP contribution in [0.25, 0.3) is 22.3 Å². The monoisotopic (exact) mass is 1970 g/mol. The fourth-order valence-electron chi connectivity index (χ4n) is 16.9. The number of ether oxygens (including phenoxy) is 6. The number of pyridine rings is 2. The van der Waals surface area contributed by atoms with E-state index in [9.17, 15) is 103 Å². The van der Waals surface area contributed by atoms with Crippen LogP contribution in [-0.2, 0) is 66.4 Å². The maximum atomic E-state index is 15.5. The summed E-state index contributed by atoms with van der Waals surface area (Å²) in [6.07, 6.45) is -7.04. The highest BCUT2D eigenvalue weighted by Crippen LogP contribution is 2.42. The summed E-state index contributed by atoms with van der Waals surface area (Å²) >= 11 is 0. The van der Waals surface area contributed by atoms with Crippen LogP contribution < -0.4 is 58.6 Å². The Labute approximate surface area is 802 Å². The van der Waals surface area contributed by atoms with Crippen LogP contribution in [0.2, 0.25) is 0 Å². The Morgan fingerprint density at radius 3 is 1.31 bits per heavy atom. The van der Waals surface area contributed by atoms with Crippen molar-refractivity contribution in [2.75, 3.05) is 165 Å². The number of H-pyrrole nitrogens is 2. The number of hydrogen-bond acceptors (Lipinski definition) is 26. The van der Waals surface area contributed by atoms with Crippen molar-refractivity contribution >= 4 is 99.4 Å². The molecule has 14 rings (SSSR count). The third-order valence-corrected chi connectivity index (χ3v) is 24.5. The summed E-state index contributed by atoms with van der Waals surface area (Å²) in [5.74, 6) is -9.82. The number of rotatable bonds is 37. The number of alkyl halides is 6. The van der Waals surface area contributed by atoms with E-state index < -0.39 is 140 Å². The lowest BCUT2D eigenvalue weighted by Crippen LogP contribution is -2.55. The largest absolute Gasteiger partial charge is 0.478 e. The molecule has 0 radical (unpaired) electrons. The van der Waals surface area contributed by atoms with Crippen molar-refractivity contribution in [1.29, 1.82) is 0 Å². The maximum Gasteiger partial charge on any atom is 0.417 e. The van der Waals surface area contributed by atoms with Crippen LogP contribution in [0.3, 0.4) is 0 Å². The molecule has 8 heterocycles. The number of carbonyl (C=O) groups is 12. The van der Waals surface area contributed by atoms with E-state index in [4.69, 9.17) is 34.2 Å². The second-order valence-corrected chi connectivity index (χ2v) is 34.1. The summed E-state index contributed by atoms with van der Waals surface area (Å²) in [5.41, 5.74) is 2.46. The van der Waals surface area contributed by atoms with Gasteiger partial charge in [0.2, 0.25) is 34.7 Å². The SMILES string of the molecule is C[C@@H]1CN(c2ccc(-c3cc(C(=O)NCCOCCOCCOCCNc4cccc5c4C(=O)N(C4CCC(=O)NC4=O)C5=O)ccc3F)cc2NC(=O)c2c[nH]c(=O)cc2C(F)(F)F)C[C@H](C)N1C.C[C@@H]1CN(c2ccc(-c3cc(C(=O)O)ccc3F)cc2NC(=O)c2c[nH]c(=O)cc2C(F)(F)F)C[C@H](C)N1C.NCCOCCOCCOCCCc1cccc2c1C(=O)N(C1CCC(=O)NC1=O)C2=O. The first-order valence-corrected chi connectivity index (χ1v) is 45.4. The first-order chi connectivity index (χ1) is 67.2. The first kappa shape index (κ1) is 106. The number of amides is 11. The van der Waals surface area contributed by atoms with Crippen LogP contribution in [0.4, 0.5) is 63.6 Å². The molecule has 6 aliphatic heterocycles. The van der Waals surface area contributed by atoms with E-state index in [1.165, 1.54) is 30.3 Å². The van der Waals surface area contributed by atoms with Crippen LogP contribution >= 0.6 is 0 Å². The lowest BCUT2D eigenvalue weighted by Gasteiger charge is -2.44. The van der Waals surface area contributed by atoms with Gasteiger partial charge in [0, 0.05) is 136 Å². The summed E-state index contributed by atoms with van der Waals surface area (Å²) in [7, 11) is 3.96. The van der Waals surface area contributed by atoms with Gasteiger partial charge in [-0.1, -0.05) is 30.3 Å². The number of nitrogens with zero attached hydrogens (tertiary/aromatic N) is 6. The van der Waals surface area contributed by atoms with E-state index in [0.717, 1.165) is 39.6 Å². The Balaban J connectivity index is 0.000000210. The van der Waals surface area contributed by atoms with E-state index >= 15 is 4.39 Å². The first-order valence-electron chi connectivity index (χ1n) is 45.4. The fraction of sp³-hybridized carbons (Fsp3) is 0.402. The molecule has 6 aliphatic rings. The molecule has 2 aromatic heterocycles. The zero-order valence-electron chi connectivity index (χ0n) is 77.7. The molecule has 0 aliphatic carbocycles. The number of nitrogens with one attached hydrogen (secondary N) is 8. The van der Waals surface area contributed by atoms with E-state index in [-0.39, 0.29) is 152 Å². The standard InChI is InChI=1S/C48H52F4N8O10.C27H26F4N4O4.C22H29N3O7/c1-27-25-59(26-28(2)58(27)3)38-10-8-29(22-37(38)56-44(64)33-24-55-41(62)23-34(33)48(50,51)52)32-21-30(7-9-35(32)49)43(63)54-14-16-69-18-20-70-19-17-68-15-13-53-36-6-4-5-31-42(36)47(67)60(46(31)66)39-11-12-40(61)57-45(39)65;1-14-12-35(13-15(2)34(14)3)23-7-5-16(18-8-17(26(38)39)4-6-21(18)28)9-22(23)33-25(37)19-11-32-24(36)10-20(19)27(29,30)31;23-8-10-31-12-14-32-13-11-30-9-2-4-15-3-1-5-16-19(15)22(29)25(21(16)28)17-6-7-18(26)24-20(17)27/h4-10,21-24,27-28,39,53H,11-20,25-26H2,1-3H3,(H,54,63)(H,55,62)(H,56,64)(H,57,61,65);4-11,14-15H,12-13H2,1-3H3,(H,32,36)(H,33,37)(H,38,39);1,3,5,17H,2,4,6-14,23H2,(H,24,26,27)/t27-,28+,39?;14-,15+;. The van der Waals surface area contributed by atoms with Crippen molar-refractivity contribution in [3.63, 3.8) is 0 Å². The van der Waals surface area contributed by atoms with Gasteiger partial charge in [-0.15, -0.1) is 0 Å². The molecule has 0 saturated carbocycles. The zero-order valence-corrected chi connectivity index (χ0v) is 77.7. The number of imide groups is 4. The zero-order chi connectivity index (χ0) is 102. The number of aromatic amines is 2. The number of benzene rings is 6. The number of piperazine rings is 2. The highest BCUT2D eigenvalue weighted by atomic mass is 19.4. The Morgan fingerprint density at radius 2 is 0.865 bits per heavy atom. The minimum Gasteiger partial charge on any atom is -0.478 e. The molecule has 4 fully saturated rings. The number of nitrogens with two attached hydrogens (primary N) is 1. The van der Waals surface area contributed by atoms with E-state index in [0.29, 0.717) is 144 Å².